The Morgan fingerprint density at radius 2 is 1.87 bits per heavy atom. The molecule has 1 amide bonds. The van der Waals surface area contributed by atoms with Gasteiger partial charge in [-0.2, -0.15) is 5.10 Å². The number of pyridine rings is 1. The second-order valence-electron chi connectivity index (χ2n) is 5.02. The van der Waals surface area contributed by atoms with Gasteiger partial charge in [0.1, 0.15) is 9.88 Å². The summed E-state index contributed by atoms with van der Waals surface area (Å²) in [5.74, 6) is -0.468. The van der Waals surface area contributed by atoms with Gasteiger partial charge in [-0.1, -0.05) is 36.4 Å². The number of nitrogens with zero attached hydrogens (tertiary/aromatic N) is 3. The largest absolute Gasteiger partial charge is 0.365 e. The number of hydrogen-bond acceptors (Lipinski definition) is 4. The van der Waals surface area contributed by atoms with Gasteiger partial charge < -0.3 is 5.73 Å². The van der Waals surface area contributed by atoms with Crippen LogP contribution >= 0.6 is 11.3 Å². The molecule has 0 saturated carbocycles. The van der Waals surface area contributed by atoms with Crippen molar-refractivity contribution in [2.24, 2.45) is 5.73 Å². The van der Waals surface area contributed by atoms with Crippen LogP contribution in [-0.2, 0) is 0 Å². The van der Waals surface area contributed by atoms with Crippen molar-refractivity contribution < 1.29 is 4.79 Å². The van der Waals surface area contributed by atoms with Crippen molar-refractivity contribution >= 4 is 22.8 Å². The lowest BCUT2D eigenvalue weighted by molar-refractivity contribution is 0.100. The van der Waals surface area contributed by atoms with Gasteiger partial charge >= 0.3 is 0 Å². The maximum atomic E-state index is 11.8. The summed E-state index contributed by atoms with van der Waals surface area (Å²) in [4.78, 5) is 16.9. The molecule has 112 valence electrons. The van der Waals surface area contributed by atoms with E-state index < -0.39 is 5.91 Å². The summed E-state index contributed by atoms with van der Waals surface area (Å²) in [6, 6.07) is 15.4. The van der Waals surface area contributed by atoms with Crippen molar-refractivity contribution in [3.63, 3.8) is 0 Å². The first kappa shape index (κ1) is 13.7. The fourth-order valence-electron chi connectivity index (χ4n) is 2.49. The third-order valence-corrected chi connectivity index (χ3v) is 4.66. The number of thiazole rings is 1. The Morgan fingerprint density at radius 1 is 1.09 bits per heavy atom. The van der Waals surface area contributed by atoms with Crippen LogP contribution in [0.3, 0.4) is 0 Å². The second kappa shape index (κ2) is 5.33. The second-order valence-corrected chi connectivity index (χ2v) is 6.01. The maximum Gasteiger partial charge on any atom is 0.261 e. The fourth-order valence-corrected chi connectivity index (χ4v) is 3.45. The lowest BCUT2D eigenvalue weighted by Gasteiger charge is -1.98. The molecule has 23 heavy (non-hydrogen) atoms. The molecule has 3 heterocycles. The molecule has 0 atom stereocenters. The Bertz CT molecular complexity index is 1000. The molecule has 3 aromatic heterocycles. The van der Waals surface area contributed by atoms with Crippen molar-refractivity contribution in [1.82, 2.24) is 14.6 Å². The van der Waals surface area contributed by atoms with Crippen molar-refractivity contribution in [1.29, 1.82) is 0 Å². The number of nitrogens with two attached hydrogens (primary N) is 1. The summed E-state index contributed by atoms with van der Waals surface area (Å²) in [6.07, 6.45) is 3.63. The van der Waals surface area contributed by atoms with E-state index in [4.69, 9.17) is 5.73 Å². The highest BCUT2D eigenvalue weighted by Crippen LogP contribution is 2.35. The zero-order valence-corrected chi connectivity index (χ0v) is 12.8. The molecule has 5 nitrogen and oxygen atoms in total. The topological polar surface area (TPSA) is 73.3 Å². The number of amides is 1. The maximum absolute atomic E-state index is 11.8. The molecule has 0 aliphatic heterocycles. The van der Waals surface area contributed by atoms with Crippen LogP contribution in [0.5, 0.6) is 0 Å². The molecule has 0 fully saturated rings. The molecule has 0 aliphatic rings. The van der Waals surface area contributed by atoms with E-state index in [9.17, 15) is 4.79 Å². The molecule has 0 radical (unpaired) electrons. The normalized spacial score (nSPS) is 11.0. The molecule has 0 bridgehead atoms. The number of rotatable bonds is 3. The molecule has 0 unspecified atom stereocenters. The summed E-state index contributed by atoms with van der Waals surface area (Å²) in [5, 5.41) is 5.05. The Labute approximate surface area is 136 Å². The van der Waals surface area contributed by atoms with Crippen LogP contribution in [0.25, 0.3) is 27.3 Å². The van der Waals surface area contributed by atoms with Crippen molar-refractivity contribution in [3.05, 3.63) is 65.8 Å². The Hall–Kier alpha value is -2.99. The molecule has 4 aromatic rings. The van der Waals surface area contributed by atoms with Crippen LogP contribution in [0.4, 0.5) is 0 Å². The minimum Gasteiger partial charge on any atom is -0.365 e. The molecular formula is C17H12N4OS. The molecule has 6 heteroatoms. The predicted octanol–water partition coefficient (Wildman–Crippen LogP) is 3.22. The SMILES string of the molecule is NC(=O)c1sc(-c2cnn3ccccc23)nc1-c1ccccc1. The lowest BCUT2D eigenvalue weighted by atomic mass is 10.1. The number of hydrogen-bond donors (Lipinski definition) is 1. The Balaban J connectivity index is 1.93. The van der Waals surface area contributed by atoms with E-state index in [0.717, 1.165) is 21.7 Å². The molecule has 0 saturated heterocycles. The summed E-state index contributed by atoms with van der Waals surface area (Å²) < 4.78 is 1.78. The van der Waals surface area contributed by atoms with Gasteiger partial charge in [0.2, 0.25) is 0 Å². The minimum absolute atomic E-state index is 0.460. The zero-order valence-electron chi connectivity index (χ0n) is 12.0. The monoisotopic (exact) mass is 320 g/mol. The van der Waals surface area contributed by atoms with Crippen molar-refractivity contribution in [2.75, 3.05) is 0 Å². The highest BCUT2D eigenvalue weighted by Gasteiger charge is 2.19. The van der Waals surface area contributed by atoms with Crippen LogP contribution in [0.2, 0.25) is 0 Å². The summed E-state index contributed by atoms with van der Waals surface area (Å²) in [7, 11) is 0. The number of benzene rings is 1. The third kappa shape index (κ3) is 2.29. The molecule has 4 rings (SSSR count). The van der Waals surface area contributed by atoms with Gasteiger partial charge in [0.15, 0.2) is 0 Å². The number of carbonyl (C=O) groups excluding carboxylic acids is 1. The van der Waals surface area contributed by atoms with E-state index >= 15 is 0 Å². The first-order valence-electron chi connectivity index (χ1n) is 7.03. The molecule has 0 aliphatic carbocycles. The standard InChI is InChI=1S/C17H12N4OS/c18-16(22)15-14(11-6-2-1-3-7-11)20-17(23-15)12-10-19-21-9-5-4-8-13(12)21/h1-10H,(H2,18,22). The highest BCUT2D eigenvalue weighted by atomic mass is 32.1. The first-order chi connectivity index (χ1) is 11.2. The lowest BCUT2D eigenvalue weighted by Crippen LogP contribution is -2.10. The van der Waals surface area contributed by atoms with E-state index in [1.165, 1.54) is 11.3 Å². The van der Waals surface area contributed by atoms with E-state index in [0.29, 0.717) is 10.6 Å². The van der Waals surface area contributed by atoms with Crippen LogP contribution < -0.4 is 5.73 Å². The average molecular weight is 320 g/mol. The predicted molar refractivity (Wildman–Crippen MR) is 90.3 cm³/mol. The van der Waals surface area contributed by atoms with Gasteiger partial charge in [-0.15, -0.1) is 11.3 Å². The van der Waals surface area contributed by atoms with Crippen LogP contribution in [0, 0.1) is 0 Å². The molecule has 0 spiro atoms. The molecule has 2 N–H and O–H groups in total. The van der Waals surface area contributed by atoms with Gasteiger partial charge in [-0.05, 0) is 12.1 Å². The molecular weight excluding hydrogens is 308 g/mol. The number of aromatic nitrogens is 3. The summed E-state index contributed by atoms with van der Waals surface area (Å²) in [6.45, 7) is 0. The van der Waals surface area contributed by atoms with Gasteiger partial charge in [0, 0.05) is 11.8 Å². The minimum atomic E-state index is -0.468. The Morgan fingerprint density at radius 3 is 2.65 bits per heavy atom. The van der Waals surface area contributed by atoms with Gasteiger partial charge in [-0.3, -0.25) is 4.79 Å². The number of fused-ring (bicyclic) bond motifs is 1. The van der Waals surface area contributed by atoms with E-state index in [1.54, 1.807) is 10.7 Å². The van der Waals surface area contributed by atoms with Crippen LogP contribution in [0.15, 0.2) is 60.9 Å². The smallest absolute Gasteiger partial charge is 0.261 e. The quantitative estimate of drug-likeness (QED) is 0.630. The van der Waals surface area contributed by atoms with Crippen LogP contribution in [-0.4, -0.2) is 20.5 Å². The fraction of sp³-hybridized carbons (Fsp3) is 0. The number of carbonyl (C=O) groups is 1. The summed E-state index contributed by atoms with van der Waals surface area (Å²) >= 11 is 1.30. The first-order valence-corrected chi connectivity index (χ1v) is 7.84. The van der Waals surface area contributed by atoms with Gasteiger partial charge in [-0.25, -0.2) is 9.50 Å². The van der Waals surface area contributed by atoms with Gasteiger partial charge in [0.25, 0.3) is 5.91 Å². The van der Waals surface area contributed by atoms with E-state index in [1.807, 2.05) is 54.7 Å². The van der Waals surface area contributed by atoms with E-state index in [2.05, 4.69) is 10.1 Å². The van der Waals surface area contributed by atoms with Gasteiger partial charge in [0.05, 0.1) is 23.0 Å². The number of primary amides is 1. The zero-order chi connectivity index (χ0) is 15.8. The van der Waals surface area contributed by atoms with Crippen molar-refractivity contribution in [2.45, 2.75) is 0 Å². The van der Waals surface area contributed by atoms with Crippen molar-refractivity contribution in [3.8, 4) is 21.8 Å². The average Bonchev–Trinajstić information content (AvgIpc) is 3.19. The van der Waals surface area contributed by atoms with Crippen LogP contribution in [0.1, 0.15) is 9.67 Å². The summed E-state index contributed by atoms with van der Waals surface area (Å²) in [5.41, 5.74) is 8.87. The molecule has 1 aromatic carbocycles. The van der Waals surface area contributed by atoms with E-state index in [-0.39, 0.29) is 0 Å². The third-order valence-electron chi connectivity index (χ3n) is 3.56. The Kier molecular flexibility index (Phi) is 3.17. The highest BCUT2D eigenvalue weighted by molar-refractivity contribution is 7.17.